The van der Waals surface area contributed by atoms with Crippen molar-refractivity contribution in [2.24, 2.45) is 0 Å². The molecule has 8 nitrogen and oxygen atoms in total. The monoisotopic (exact) mass is 423 g/mol. The molecular weight excluding hydrogens is 398 g/mol. The number of esters is 1. The van der Waals surface area contributed by atoms with Crippen LogP contribution in [0.2, 0.25) is 0 Å². The molecule has 162 valence electrons. The van der Waals surface area contributed by atoms with Crippen LogP contribution in [0.1, 0.15) is 30.0 Å². The van der Waals surface area contributed by atoms with Gasteiger partial charge in [-0.05, 0) is 37.8 Å². The summed E-state index contributed by atoms with van der Waals surface area (Å²) in [5.41, 5.74) is 3.95. The number of urea groups is 1. The molecule has 1 saturated heterocycles. The Kier molecular flexibility index (Phi) is 6.69. The largest absolute Gasteiger partial charge is 0.455 e. The van der Waals surface area contributed by atoms with Crippen molar-refractivity contribution in [3.63, 3.8) is 0 Å². The Morgan fingerprint density at radius 1 is 1.03 bits per heavy atom. The Hall–Kier alpha value is -3.68. The number of hydrogen-bond donors (Lipinski definition) is 2. The maximum Gasteiger partial charge on any atom is 0.344 e. The predicted octanol–water partition coefficient (Wildman–Crippen LogP) is 2.06. The van der Waals surface area contributed by atoms with Gasteiger partial charge in [-0.1, -0.05) is 60.2 Å². The second-order valence-corrected chi connectivity index (χ2v) is 7.75. The number of ether oxygens (including phenoxy) is 1. The number of nitrogens with zero attached hydrogens (tertiary/aromatic N) is 1. The lowest BCUT2D eigenvalue weighted by atomic mass is 9.93. The summed E-state index contributed by atoms with van der Waals surface area (Å²) in [5.74, 6) is -1.91. The molecule has 3 rings (SSSR count). The molecule has 1 aliphatic heterocycles. The van der Waals surface area contributed by atoms with Crippen LogP contribution < -0.4 is 10.7 Å². The Morgan fingerprint density at radius 3 is 2.39 bits per heavy atom. The Labute approximate surface area is 180 Å². The number of aryl methyl sites for hydroxylation is 2. The van der Waals surface area contributed by atoms with Crippen molar-refractivity contribution in [3.8, 4) is 0 Å². The average Bonchev–Trinajstić information content (AvgIpc) is 2.96. The molecule has 2 aromatic carbocycles. The van der Waals surface area contributed by atoms with Crippen LogP contribution in [-0.2, 0) is 32.0 Å². The van der Waals surface area contributed by atoms with Crippen LogP contribution in [0.4, 0.5) is 4.79 Å². The quantitative estimate of drug-likeness (QED) is 0.500. The Morgan fingerprint density at radius 2 is 1.71 bits per heavy atom. The van der Waals surface area contributed by atoms with E-state index in [-0.39, 0.29) is 6.42 Å². The number of nitrogens with one attached hydrogen (secondary N) is 2. The topological polar surface area (TPSA) is 105 Å². The van der Waals surface area contributed by atoms with E-state index in [9.17, 15) is 19.2 Å². The molecule has 2 N–H and O–H groups in total. The summed E-state index contributed by atoms with van der Waals surface area (Å²) in [5, 5.41) is 3.26. The molecule has 4 amide bonds. The molecule has 1 atom stereocenters. The smallest absolute Gasteiger partial charge is 0.344 e. The van der Waals surface area contributed by atoms with E-state index in [1.807, 2.05) is 49.4 Å². The van der Waals surface area contributed by atoms with Crippen LogP contribution in [0.3, 0.4) is 0 Å². The predicted molar refractivity (Wildman–Crippen MR) is 113 cm³/mol. The van der Waals surface area contributed by atoms with Crippen LogP contribution in [0.25, 0.3) is 0 Å². The molecule has 31 heavy (non-hydrogen) atoms. The van der Waals surface area contributed by atoms with E-state index in [0.29, 0.717) is 17.9 Å². The van der Waals surface area contributed by atoms with Gasteiger partial charge < -0.3 is 10.1 Å². The fraction of sp³-hybridized carbons (Fsp3) is 0.304. The third-order valence-corrected chi connectivity index (χ3v) is 5.09. The van der Waals surface area contributed by atoms with E-state index in [0.717, 1.165) is 16.7 Å². The number of carbonyl (C=O) groups is 4. The second kappa shape index (κ2) is 9.42. The van der Waals surface area contributed by atoms with Gasteiger partial charge in [-0.25, -0.2) is 4.79 Å². The van der Waals surface area contributed by atoms with Gasteiger partial charge in [0.25, 0.3) is 11.8 Å². The summed E-state index contributed by atoms with van der Waals surface area (Å²) < 4.78 is 4.96. The van der Waals surface area contributed by atoms with Gasteiger partial charge in [0.15, 0.2) is 6.61 Å². The number of imide groups is 1. The minimum Gasteiger partial charge on any atom is -0.455 e. The van der Waals surface area contributed by atoms with Crippen molar-refractivity contribution >= 4 is 23.8 Å². The minimum atomic E-state index is -1.14. The SMILES string of the molecule is Cc1ccc(CC(=O)OCC(=O)NN2C(=O)N[C@](C)(CCc3ccccc3)C2=O)cc1. The van der Waals surface area contributed by atoms with Gasteiger partial charge in [0, 0.05) is 0 Å². The number of rotatable bonds is 8. The maximum absolute atomic E-state index is 12.7. The molecule has 2 aromatic rings. The van der Waals surface area contributed by atoms with E-state index in [4.69, 9.17) is 4.74 Å². The molecule has 1 fully saturated rings. The number of hydrogen-bond acceptors (Lipinski definition) is 5. The molecule has 0 spiro atoms. The minimum absolute atomic E-state index is 0.0221. The van der Waals surface area contributed by atoms with Gasteiger partial charge in [0.05, 0.1) is 6.42 Å². The van der Waals surface area contributed by atoms with Gasteiger partial charge >= 0.3 is 12.0 Å². The van der Waals surface area contributed by atoms with Crippen LogP contribution in [-0.4, -0.2) is 41.0 Å². The fourth-order valence-electron chi connectivity index (χ4n) is 3.22. The highest BCUT2D eigenvalue weighted by atomic mass is 16.5. The van der Waals surface area contributed by atoms with Crippen molar-refractivity contribution < 1.29 is 23.9 Å². The van der Waals surface area contributed by atoms with Crippen molar-refractivity contribution in [3.05, 3.63) is 71.3 Å². The molecule has 0 radical (unpaired) electrons. The van der Waals surface area contributed by atoms with Gasteiger partial charge in [-0.2, -0.15) is 5.01 Å². The summed E-state index contributed by atoms with van der Waals surface area (Å²) in [6.45, 7) is 2.96. The molecular formula is C23H25N3O5. The molecule has 8 heteroatoms. The van der Waals surface area contributed by atoms with Gasteiger partial charge in [-0.3, -0.25) is 19.8 Å². The second-order valence-electron chi connectivity index (χ2n) is 7.75. The van der Waals surface area contributed by atoms with Crippen LogP contribution in [0, 0.1) is 6.92 Å². The van der Waals surface area contributed by atoms with Gasteiger partial charge in [0.2, 0.25) is 0 Å². The standard InChI is InChI=1S/C23H25N3O5/c1-16-8-10-18(11-9-16)14-20(28)31-15-19(27)25-26-21(29)23(2,24-22(26)30)13-12-17-6-4-3-5-7-17/h3-11H,12-15H2,1-2H3,(H,24,30)(H,25,27)/t23-/m1/s1. The third kappa shape index (κ3) is 5.69. The average molecular weight is 423 g/mol. The first-order chi connectivity index (χ1) is 14.8. The highest BCUT2D eigenvalue weighted by Gasteiger charge is 2.48. The Bertz CT molecular complexity index is 974. The van der Waals surface area contributed by atoms with Crippen molar-refractivity contribution in [1.29, 1.82) is 0 Å². The third-order valence-electron chi connectivity index (χ3n) is 5.09. The summed E-state index contributed by atoms with van der Waals surface area (Å²) in [6.07, 6.45) is 0.982. The summed E-state index contributed by atoms with van der Waals surface area (Å²) in [4.78, 5) is 49.0. The zero-order chi connectivity index (χ0) is 22.4. The summed E-state index contributed by atoms with van der Waals surface area (Å²) in [6, 6.07) is 16.2. The van der Waals surface area contributed by atoms with Crippen molar-refractivity contribution in [2.45, 2.75) is 38.6 Å². The lowest BCUT2D eigenvalue weighted by Crippen LogP contribution is -2.50. The maximum atomic E-state index is 12.7. The van der Waals surface area contributed by atoms with E-state index < -0.39 is 36.0 Å². The molecule has 0 aromatic heterocycles. The summed E-state index contributed by atoms with van der Waals surface area (Å²) >= 11 is 0. The van der Waals surface area contributed by atoms with Crippen LogP contribution >= 0.6 is 0 Å². The number of hydrazine groups is 1. The number of benzene rings is 2. The molecule has 0 saturated carbocycles. The van der Waals surface area contributed by atoms with Gasteiger partial charge in [-0.15, -0.1) is 0 Å². The van der Waals surface area contributed by atoms with E-state index in [1.54, 1.807) is 19.1 Å². The van der Waals surface area contributed by atoms with Crippen LogP contribution in [0.15, 0.2) is 54.6 Å². The lowest BCUT2D eigenvalue weighted by molar-refractivity contribution is -0.150. The number of carbonyl (C=O) groups excluding carboxylic acids is 4. The summed E-state index contributed by atoms with van der Waals surface area (Å²) in [7, 11) is 0. The van der Waals surface area contributed by atoms with Crippen LogP contribution in [0.5, 0.6) is 0 Å². The first kappa shape index (κ1) is 22.0. The number of amides is 4. The van der Waals surface area contributed by atoms with Crippen molar-refractivity contribution in [1.82, 2.24) is 15.8 Å². The molecule has 0 bridgehead atoms. The van der Waals surface area contributed by atoms with E-state index in [2.05, 4.69) is 10.7 Å². The fourth-order valence-corrected chi connectivity index (χ4v) is 3.22. The van der Waals surface area contributed by atoms with E-state index in [1.165, 1.54) is 0 Å². The zero-order valence-corrected chi connectivity index (χ0v) is 17.5. The van der Waals surface area contributed by atoms with Gasteiger partial charge in [0.1, 0.15) is 5.54 Å². The molecule has 0 aliphatic carbocycles. The molecule has 1 aliphatic rings. The highest BCUT2D eigenvalue weighted by molar-refractivity contribution is 6.07. The van der Waals surface area contributed by atoms with Crippen molar-refractivity contribution in [2.75, 3.05) is 6.61 Å². The zero-order valence-electron chi connectivity index (χ0n) is 17.5. The highest BCUT2D eigenvalue weighted by Crippen LogP contribution is 2.22. The van der Waals surface area contributed by atoms with E-state index >= 15 is 0 Å². The first-order valence-electron chi connectivity index (χ1n) is 9.98. The lowest BCUT2D eigenvalue weighted by Gasteiger charge is -2.21. The first-order valence-corrected chi connectivity index (χ1v) is 9.98. The Balaban J connectivity index is 1.48. The molecule has 1 heterocycles. The molecule has 0 unspecified atom stereocenters. The normalized spacial score (nSPS) is 17.9.